The minimum Gasteiger partial charge on any atom is -0.352 e. The standard InChI is InChI=1S/C27H36ClN3O/c1-21-4-3-13-31(18-21)19-23-9-7-22(8-10-23)17-29-27(32)25-11-14-30(15-12-25)20-24-5-2-6-26(28)16-24/h2,5-10,16,21,25H,3-4,11-15,17-20H2,1H3,(H,29,32). The Balaban J connectivity index is 1.18. The highest BCUT2D eigenvalue weighted by molar-refractivity contribution is 6.30. The molecule has 1 amide bonds. The molecule has 2 aliphatic rings. The van der Waals surface area contributed by atoms with E-state index in [0.717, 1.165) is 50.0 Å². The molecule has 2 aromatic carbocycles. The van der Waals surface area contributed by atoms with Crippen molar-refractivity contribution in [2.45, 2.75) is 52.2 Å². The number of halogens is 1. The molecule has 0 saturated carbocycles. The van der Waals surface area contributed by atoms with Crippen molar-refractivity contribution >= 4 is 17.5 Å². The Morgan fingerprint density at radius 2 is 1.66 bits per heavy atom. The predicted molar refractivity (Wildman–Crippen MR) is 131 cm³/mol. The molecule has 5 heteroatoms. The van der Waals surface area contributed by atoms with Gasteiger partial charge in [0.2, 0.25) is 5.91 Å². The highest BCUT2D eigenvalue weighted by Crippen LogP contribution is 2.21. The summed E-state index contributed by atoms with van der Waals surface area (Å²) in [7, 11) is 0. The summed E-state index contributed by atoms with van der Waals surface area (Å²) in [4.78, 5) is 17.7. The largest absolute Gasteiger partial charge is 0.352 e. The van der Waals surface area contributed by atoms with Gasteiger partial charge in [0.05, 0.1) is 0 Å². The summed E-state index contributed by atoms with van der Waals surface area (Å²) >= 11 is 6.10. The Morgan fingerprint density at radius 3 is 2.38 bits per heavy atom. The maximum absolute atomic E-state index is 12.7. The second kappa shape index (κ2) is 11.3. The fourth-order valence-corrected chi connectivity index (χ4v) is 5.24. The third-order valence-electron chi connectivity index (χ3n) is 6.89. The van der Waals surface area contributed by atoms with Gasteiger partial charge in [-0.15, -0.1) is 0 Å². The quantitative estimate of drug-likeness (QED) is 0.633. The van der Waals surface area contributed by atoms with Gasteiger partial charge in [-0.1, -0.05) is 54.9 Å². The van der Waals surface area contributed by atoms with Gasteiger partial charge >= 0.3 is 0 Å². The number of rotatable bonds is 7. The van der Waals surface area contributed by atoms with Gasteiger partial charge in [-0.2, -0.15) is 0 Å². The monoisotopic (exact) mass is 453 g/mol. The summed E-state index contributed by atoms with van der Waals surface area (Å²) in [6, 6.07) is 16.8. The molecule has 1 atom stereocenters. The van der Waals surface area contributed by atoms with E-state index in [1.165, 1.54) is 42.6 Å². The first kappa shape index (κ1) is 23.3. The van der Waals surface area contributed by atoms with E-state index in [1.807, 2.05) is 18.2 Å². The Labute approximate surface area is 197 Å². The molecule has 0 radical (unpaired) electrons. The van der Waals surface area contributed by atoms with Crippen molar-refractivity contribution < 1.29 is 4.79 Å². The molecule has 2 aromatic rings. The second-order valence-corrected chi connectivity index (χ2v) is 10.1. The maximum Gasteiger partial charge on any atom is 0.223 e. The predicted octanol–water partition coefficient (Wildman–Crippen LogP) is 5.10. The summed E-state index contributed by atoms with van der Waals surface area (Å²) in [5.41, 5.74) is 3.77. The van der Waals surface area contributed by atoms with Crippen LogP contribution < -0.4 is 5.32 Å². The normalized spacial score (nSPS) is 20.9. The van der Waals surface area contributed by atoms with E-state index in [-0.39, 0.29) is 11.8 Å². The van der Waals surface area contributed by atoms with Crippen LogP contribution in [0.15, 0.2) is 48.5 Å². The van der Waals surface area contributed by atoms with Gasteiger partial charge in [0, 0.05) is 37.1 Å². The number of nitrogens with zero attached hydrogens (tertiary/aromatic N) is 2. The van der Waals surface area contributed by atoms with E-state index in [9.17, 15) is 4.79 Å². The molecule has 1 N–H and O–H groups in total. The van der Waals surface area contributed by atoms with Crippen molar-refractivity contribution in [1.82, 2.24) is 15.1 Å². The molecule has 2 aliphatic heterocycles. The van der Waals surface area contributed by atoms with Gasteiger partial charge < -0.3 is 5.32 Å². The minimum absolute atomic E-state index is 0.117. The number of likely N-dealkylation sites (tertiary alicyclic amines) is 2. The Morgan fingerprint density at radius 1 is 0.938 bits per heavy atom. The molecule has 2 fully saturated rings. The van der Waals surface area contributed by atoms with Crippen molar-refractivity contribution in [2.75, 3.05) is 26.2 Å². The van der Waals surface area contributed by atoms with Crippen LogP contribution in [0.2, 0.25) is 5.02 Å². The Hall–Kier alpha value is -1.88. The lowest BCUT2D eigenvalue weighted by Crippen LogP contribution is -2.40. The molecular weight excluding hydrogens is 418 g/mol. The van der Waals surface area contributed by atoms with Crippen LogP contribution in [0, 0.1) is 11.8 Å². The molecule has 0 bridgehead atoms. The molecule has 1 unspecified atom stereocenters. The third kappa shape index (κ3) is 6.81. The number of hydrogen-bond donors (Lipinski definition) is 1. The fraction of sp³-hybridized carbons (Fsp3) is 0.519. The molecule has 0 spiro atoms. The van der Waals surface area contributed by atoms with Crippen molar-refractivity contribution in [3.63, 3.8) is 0 Å². The topological polar surface area (TPSA) is 35.6 Å². The fourth-order valence-electron chi connectivity index (χ4n) is 5.03. The number of carbonyl (C=O) groups is 1. The Bertz CT molecular complexity index is 877. The first-order valence-electron chi connectivity index (χ1n) is 12.1. The lowest BCUT2D eigenvalue weighted by Gasteiger charge is -2.31. The average Bonchev–Trinajstić information content (AvgIpc) is 2.79. The van der Waals surface area contributed by atoms with E-state index in [4.69, 9.17) is 11.6 Å². The molecule has 4 rings (SSSR count). The van der Waals surface area contributed by atoms with Gasteiger partial charge in [-0.05, 0) is 80.1 Å². The van der Waals surface area contributed by atoms with E-state index in [1.54, 1.807) is 0 Å². The SMILES string of the molecule is CC1CCCN(Cc2ccc(CNC(=O)C3CCN(Cc4cccc(Cl)c4)CC3)cc2)C1. The number of amides is 1. The van der Waals surface area contributed by atoms with Crippen molar-refractivity contribution in [3.8, 4) is 0 Å². The smallest absolute Gasteiger partial charge is 0.223 e. The van der Waals surface area contributed by atoms with Crippen LogP contribution in [0.5, 0.6) is 0 Å². The average molecular weight is 454 g/mol. The summed E-state index contributed by atoms with van der Waals surface area (Å²) in [5.74, 6) is 1.12. The first-order chi connectivity index (χ1) is 15.5. The molecule has 4 nitrogen and oxygen atoms in total. The maximum atomic E-state index is 12.7. The molecule has 0 aliphatic carbocycles. The molecular formula is C27H36ClN3O. The van der Waals surface area contributed by atoms with E-state index in [0.29, 0.717) is 6.54 Å². The lowest BCUT2D eigenvalue weighted by molar-refractivity contribution is -0.126. The van der Waals surface area contributed by atoms with Crippen LogP contribution >= 0.6 is 11.6 Å². The third-order valence-corrected chi connectivity index (χ3v) is 7.13. The highest BCUT2D eigenvalue weighted by atomic mass is 35.5. The zero-order valence-electron chi connectivity index (χ0n) is 19.2. The number of benzene rings is 2. The highest BCUT2D eigenvalue weighted by Gasteiger charge is 2.24. The van der Waals surface area contributed by atoms with Crippen LogP contribution in [0.4, 0.5) is 0 Å². The number of nitrogens with one attached hydrogen (secondary N) is 1. The molecule has 0 aromatic heterocycles. The van der Waals surface area contributed by atoms with Crippen molar-refractivity contribution in [3.05, 3.63) is 70.2 Å². The zero-order valence-corrected chi connectivity index (χ0v) is 20.0. The van der Waals surface area contributed by atoms with E-state index in [2.05, 4.69) is 52.4 Å². The van der Waals surface area contributed by atoms with Crippen molar-refractivity contribution in [2.24, 2.45) is 11.8 Å². The zero-order chi connectivity index (χ0) is 22.3. The van der Waals surface area contributed by atoms with Gasteiger partial charge in [-0.3, -0.25) is 14.6 Å². The summed E-state index contributed by atoms with van der Waals surface area (Å²) in [6.45, 7) is 9.21. The van der Waals surface area contributed by atoms with E-state index >= 15 is 0 Å². The lowest BCUT2D eigenvalue weighted by atomic mass is 9.95. The van der Waals surface area contributed by atoms with Crippen LogP contribution in [0.25, 0.3) is 0 Å². The van der Waals surface area contributed by atoms with E-state index < -0.39 is 0 Å². The molecule has 2 saturated heterocycles. The molecule has 32 heavy (non-hydrogen) atoms. The first-order valence-corrected chi connectivity index (χ1v) is 12.5. The van der Waals surface area contributed by atoms with Gasteiger partial charge in [-0.25, -0.2) is 0 Å². The van der Waals surface area contributed by atoms with Crippen LogP contribution in [0.1, 0.15) is 49.3 Å². The molecule has 2 heterocycles. The summed E-state index contributed by atoms with van der Waals surface area (Å²) in [6.07, 6.45) is 4.50. The Kier molecular flexibility index (Phi) is 8.23. The van der Waals surface area contributed by atoms with Crippen LogP contribution in [0.3, 0.4) is 0 Å². The van der Waals surface area contributed by atoms with Gasteiger partial charge in [0.25, 0.3) is 0 Å². The second-order valence-electron chi connectivity index (χ2n) is 9.70. The van der Waals surface area contributed by atoms with Crippen molar-refractivity contribution in [1.29, 1.82) is 0 Å². The molecule has 172 valence electrons. The number of hydrogen-bond acceptors (Lipinski definition) is 3. The minimum atomic E-state index is 0.117. The summed E-state index contributed by atoms with van der Waals surface area (Å²) < 4.78 is 0. The number of piperidine rings is 2. The van der Waals surface area contributed by atoms with Gasteiger partial charge in [0.15, 0.2) is 0 Å². The number of carbonyl (C=O) groups excluding carboxylic acids is 1. The summed E-state index contributed by atoms with van der Waals surface area (Å²) in [5, 5.41) is 3.95. The van der Waals surface area contributed by atoms with Crippen LogP contribution in [-0.4, -0.2) is 41.9 Å². The van der Waals surface area contributed by atoms with Gasteiger partial charge in [0.1, 0.15) is 0 Å². The van der Waals surface area contributed by atoms with Crippen LogP contribution in [-0.2, 0) is 24.4 Å².